The molecule has 1 heterocycles. The minimum absolute atomic E-state index is 0.0490. The molecule has 7 nitrogen and oxygen atoms in total. The van der Waals surface area contributed by atoms with E-state index >= 15 is 0 Å². The third-order valence-electron chi connectivity index (χ3n) is 4.10. The molecule has 7 heteroatoms. The Morgan fingerprint density at radius 1 is 1.04 bits per heavy atom. The third-order valence-corrected chi connectivity index (χ3v) is 4.10. The Bertz CT molecular complexity index is 1030. The van der Waals surface area contributed by atoms with Crippen molar-refractivity contribution in [3.63, 3.8) is 0 Å². The van der Waals surface area contributed by atoms with Crippen LogP contribution in [0, 0.1) is 0 Å². The monoisotopic (exact) mass is 365 g/mol. The summed E-state index contributed by atoms with van der Waals surface area (Å²) in [6, 6.07) is 16.6. The summed E-state index contributed by atoms with van der Waals surface area (Å²) in [5.41, 5.74) is 1.19. The summed E-state index contributed by atoms with van der Waals surface area (Å²) in [5, 5.41) is 8.02. The van der Waals surface area contributed by atoms with Gasteiger partial charge in [-0.3, -0.25) is 14.4 Å². The first-order valence-electron chi connectivity index (χ1n) is 8.44. The standard InChI is InChI=1S/C20H19N3O4/c1-27-19(25)12-21-18(24)11-17-15-9-5-6-10-16(15)20(26)23(22-17)13-14-7-3-2-4-8-14/h2-10H,11-13H2,1H3,(H,21,24). The van der Waals surface area contributed by atoms with Gasteiger partial charge in [-0.25, -0.2) is 4.68 Å². The second-order valence-corrected chi connectivity index (χ2v) is 5.97. The number of hydrogen-bond donors (Lipinski definition) is 1. The minimum Gasteiger partial charge on any atom is -0.468 e. The number of nitrogens with one attached hydrogen (secondary N) is 1. The molecule has 2 aromatic carbocycles. The van der Waals surface area contributed by atoms with Crippen molar-refractivity contribution in [3.8, 4) is 0 Å². The molecule has 0 radical (unpaired) electrons. The number of fused-ring (bicyclic) bond motifs is 1. The third kappa shape index (κ3) is 4.38. The van der Waals surface area contributed by atoms with Crippen molar-refractivity contribution in [2.75, 3.05) is 13.7 Å². The molecule has 0 saturated heterocycles. The largest absolute Gasteiger partial charge is 0.468 e. The van der Waals surface area contributed by atoms with Crippen LogP contribution < -0.4 is 10.9 Å². The van der Waals surface area contributed by atoms with Crippen molar-refractivity contribution < 1.29 is 14.3 Å². The highest BCUT2D eigenvalue weighted by Crippen LogP contribution is 2.14. The van der Waals surface area contributed by atoms with E-state index in [0.29, 0.717) is 23.0 Å². The number of methoxy groups -OCH3 is 1. The van der Waals surface area contributed by atoms with Gasteiger partial charge in [-0.05, 0) is 11.6 Å². The molecule has 1 amide bonds. The number of hydrogen-bond acceptors (Lipinski definition) is 5. The molecule has 0 fully saturated rings. The Kier molecular flexibility index (Phi) is 5.61. The fraction of sp³-hybridized carbons (Fsp3) is 0.200. The average Bonchev–Trinajstić information content (AvgIpc) is 2.70. The summed E-state index contributed by atoms with van der Waals surface area (Å²) in [7, 11) is 1.25. The van der Waals surface area contributed by atoms with Crippen LogP contribution in [0.3, 0.4) is 0 Å². The highest BCUT2D eigenvalue weighted by molar-refractivity contribution is 5.89. The van der Waals surface area contributed by atoms with E-state index < -0.39 is 5.97 Å². The van der Waals surface area contributed by atoms with Crippen LogP contribution in [0.1, 0.15) is 11.3 Å². The van der Waals surface area contributed by atoms with Gasteiger partial charge in [0.05, 0.1) is 31.2 Å². The van der Waals surface area contributed by atoms with Gasteiger partial charge in [0.25, 0.3) is 5.56 Å². The molecule has 0 spiro atoms. The van der Waals surface area contributed by atoms with Gasteiger partial charge in [-0.1, -0.05) is 48.5 Å². The van der Waals surface area contributed by atoms with E-state index in [1.54, 1.807) is 24.3 Å². The second kappa shape index (κ2) is 8.27. The predicted octanol–water partition coefficient (Wildman–Crippen LogP) is 1.28. The topological polar surface area (TPSA) is 90.3 Å². The fourth-order valence-electron chi connectivity index (χ4n) is 2.76. The summed E-state index contributed by atoms with van der Waals surface area (Å²) in [4.78, 5) is 36.1. The van der Waals surface area contributed by atoms with Crippen molar-refractivity contribution in [1.82, 2.24) is 15.1 Å². The molecule has 0 aliphatic rings. The molecule has 0 unspecified atom stereocenters. The summed E-state index contributed by atoms with van der Waals surface area (Å²) in [5.74, 6) is -0.904. The lowest BCUT2D eigenvalue weighted by atomic mass is 10.1. The Balaban J connectivity index is 1.94. The molecule has 3 rings (SSSR count). The number of benzene rings is 2. The lowest BCUT2D eigenvalue weighted by Gasteiger charge is -2.11. The van der Waals surface area contributed by atoms with Crippen LogP contribution in [0.25, 0.3) is 10.8 Å². The maximum atomic E-state index is 12.8. The second-order valence-electron chi connectivity index (χ2n) is 5.97. The van der Waals surface area contributed by atoms with Crippen LogP contribution in [0.2, 0.25) is 0 Å². The number of carbonyl (C=O) groups excluding carboxylic acids is 2. The van der Waals surface area contributed by atoms with Crippen molar-refractivity contribution in [2.24, 2.45) is 0 Å². The number of nitrogens with zero attached hydrogens (tertiary/aromatic N) is 2. The van der Waals surface area contributed by atoms with Crippen molar-refractivity contribution in [2.45, 2.75) is 13.0 Å². The van der Waals surface area contributed by atoms with Crippen LogP contribution in [0.5, 0.6) is 0 Å². The fourth-order valence-corrected chi connectivity index (χ4v) is 2.76. The van der Waals surface area contributed by atoms with Gasteiger partial charge in [0.1, 0.15) is 6.54 Å². The molecule has 0 saturated carbocycles. The first kappa shape index (κ1) is 18.3. The number of ether oxygens (including phenoxy) is 1. The van der Waals surface area contributed by atoms with Crippen LogP contribution in [0.15, 0.2) is 59.4 Å². The van der Waals surface area contributed by atoms with E-state index in [-0.39, 0.29) is 24.4 Å². The lowest BCUT2D eigenvalue weighted by Crippen LogP contribution is -2.32. The van der Waals surface area contributed by atoms with Crippen molar-refractivity contribution in [3.05, 3.63) is 76.2 Å². The zero-order valence-corrected chi connectivity index (χ0v) is 14.8. The van der Waals surface area contributed by atoms with E-state index in [2.05, 4.69) is 15.2 Å². The quantitative estimate of drug-likeness (QED) is 0.665. The molecule has 3 aromatic rings. The van der Waals surface area contributed by atoms with E-state index in [0.717, 1.165) is 5.56 Å². The Labute approximate surface area is 155 Å². The normalized spacial score (nSPS) is 10.6. The number of amides is 1. The van der Waals surface area contributed by atoms with Crippen molar-refractivity contribution in [1.29, 1.82) is 0 Å². The predicted molar refractivity (Wildman–Crippen MR) is 100 cm³/mol. The zero-order valence-electron chi connectivity index (χ0n) is 14.8. The molecule has 27 heavy (non-hydrogen) atoms. The van der Waals surface area contributed by atoms with Gasteiger partial charge in [-0.2, -0.15) is 5.10 Å². The number of carbonyl (C=O) groups is 2. The molecule has 1 N–H and O–H groups in total. The number of rotatable bonds is 6. The molecule has 138 valence electrons. The lowest BCUT2D eigenvalue weighted by molar-refractivity contribution is -0.141. The first-order chi connectivity index (χ1) is 13.1. The van der Waals surface area contributed by atoms with Crippen LogP contribution in [-0.2, 0) is 27.3 Å². The van der Waals surface area contributed by atoms with E-state index in [9.17, 15) is 14.4 Å². The summed E-state index contributed by atoms with van der Waals surface area (Å²) >= 11 is 0. The summed E-state index contributed by atoms with van der Waals surface area (Å²) in [6.45, 7) is 0.0954. The molecule has 0 bridgehead atoms. The van der Waals surface area contributed by atoms with E-state index in [1.807, 2.05) is 30.3 Å². The summed E-state index contributed by atoms with van der Waals surface area (Å²) in [6.07, 6.45) is -0.0490. The van der Waals surface area contributed by atoms with E-state index in [1.165, 1.54) is 11.8 Å². The maximum absolute atomic E-state index is 12.8. The number of aromatic nitrogens is 2. The van der Waals surface area contributed by atoms with Gasteiger partial charge in [-0.15, -0.1) is 0 Å². The Morgan fingerprint density at radius 3 is 2.41 bits per heavy atom. The zero-order chi connectivity index (χ0) is 19.2. The van der Waals surface area contributed by atoms with Gasteiger partial charge in [0.15, 0.2) is 0 Å². The van der Waals surface area contributed by atoms with E-state index in [4.69, 9.17) is 0 Å². The molecular weight excluding hydrogens is 346 g/mol. The highest BCUT2D eigenvalue weighted by Gasteiger charge is 2.14. The van der Waals surface area contributed by atoms with Crippen LogP contribution in [0.4, 0.5) is 0 Å². The van der Waals surface area contributed by atoms with Crippen LogP contribution in [-0.4, -0.2) is 35.3 Å². The smallest absolute Gasteiger partial charge is 0.325 e. The molecule has 0 aliphatic carbocycles. The van der Waals surface area contributed by atoms with Gasteiger partial charge in [0.2, 0.25) is 5.91 Å². The average molecular weight is 365 g/mol. The molecule has 1 aromatic heterocycles. The van der Waals surface area contributed by atoms with Crippen molar-refractivity contribution >= 4 is 22.6 Å². The molecule has 0 aliphatic heterocycles. The maximum Gasteiger partial charge on any atom is 0.325 e. The van der Waals surface area contributed by atoms with Gasteiger partial charge >= 0.3 is 5.97 Å². The van der Waals surface area contributed by atoms with Gasteiger partial charge < -0.3 is 10.1 Å². The number of esters is 1. The Morgan fingerprint density at radius 2 is 1.70 bits per heavy atom. The highest BCUT2D eigenvalue weighted by atomic mass is 16.5. The Hall–Kier alpha value is -3.48. The molecular formula is C20H19N3O4. The molecule has 0 atom stereocenters. The SMILES string of the molecule is COC(=O)CNC(=O)Cc1nn(Cc2ccccc2)c(=O)c2ccccc12. The van der Waals surface area contributed by atoms with Crippen LogP contribution >= 0.6 is 0 Å². The minimum atomic E-state index is -0.532. The first-order valence-corrected chi connectivity index (χ1v) is 8.44. The van der Waals surface area contributed by atoms with Gasteiger partial charge in [0, 0.05) is 5.39 Å². The summed E-state index contributed by atoms with van der Waals surface area (Å²) < 4.78 is 5.87.